The summed E-state index contributed by atoms with van der Waals surface area (Å²) in [6, 6.07) is 12.9. The summed E-state index contributed by atoms with van der Waals surface area (Å²) in [6.45, 7) is 1.04. The third kappa shape index (κ3) is 6.36. The van der Waals surface area contributed by atoms with Gasteiger partial charge in [0.25, 0.3) is 5.91 Å². The summed E-state index contributed by atoms with van der Waals surface area (Å²) in [5, 5.41) is 13.6. The first-order chi connectivity index (χ1) is 16.8. The fourth-order valence-electron chi connectivity index (χ4n) is 3.37. The van der Waals surface area contributed by atoms with Gasteiger partial charge in [-0.3, -0.25) is 14.9 Å². The van der Waals surface area contributed by atoms with Gasteiger partial charge in [0.1, 0.15) is 5.75 Å². The van der Waals surface area contributed by atoms with E-state index in [0.29, 0.717) is 34.4 Å². The van der Waals surface area contributed by atoms with E-state index >= 15 is 0 Å². The van der Waals surface area contributed by atoms with E-state index in [-0.39, 0.29) is 21.7 Å². The van der Waals surface area contributed by atoms with Crippen LogP contribution in [-0.2, 0) is 14.8 Å². The summed E-state index contributed by atoms with van der Waals surface area (Å²) in [5.74, 6) is 0.113. The minimum atomic E-state index is -3.53. The maximum atomic E-state index is 12.6. The van der Waals surface area contributed by atoms with Crippen molar-refractivity contribution < 1.29 is 22.7 Å². The van der Waals surface area contributed by atoms with Crippen molar-refractivity contribution in [2.45, 2.75) is 22.1 Å². The molecule has 4 rings (SSSR count). The molecule has 1 aliphatic heterocycles. The lowest BCUT2D eigenvalue weighted by atomic mass is 10.2. The lowest BCUT2D eigenvalue weighted by Gasteiger charge is -2.15. The molecule has 1 aromatic heterocycles. The Labute approximate surface area is 211 Å². The predicted molar refractivity (Wildman–Crippen MR) is 135 cm³/mol. The summed E-state index contributed by atoms with van der Waals surface area (Å²) in [4.78, 5) is 24.9. The van der Waals surface area contributed by atoms with Gasteiger partial charge in [0.2, 0.25) is 21.1 Å². The number of benzene rings is 2. The molecular formula is C22H23N5O5S3. The molecular weight excluding hydrogens is 510 g/mol. The molecule has 2 heterocycles. The number of carbonyl (C=O) groups excluding carboxylic acids is 2. The van der Waals surface area contributed by atoms with Crippen LogP contribution in [0.2, 0.25) is 0 Å². The van der Waals surface area contributed by atoms with Gasteiger partial charge in [-0.1, -0.05) is 29.2 Å². The van der Waals surface area contributed by atoms with Gasteiger partial charge in [0.05, 0.1) is 17.8 Å². The number of sulfonamides is 1. The smallest absolute Gasteiger partial charge is 0.257 e. The van der Waals surface area contributed by atoms with E-state index in [1.165, 1.54) is 40.3 Å². The Hall–Kier alpha value is -3.00. The molecule has 10 nitrogen and oxygen atoms in total. The molecule has 2 N–H and O–H groups in total. The first-order valence-corrected chi connectivity index (χ1v) is 13.9. The number of anilines is 2. The normalized spacial score (nSPS) is 14.0. The predicted octanol–water partition coefficient (Wildman–Crippen LogP) is 3.31. The van der Waals surface area contributed by atoms with Crippen molar-refractivity contribution in [2.75, 3.05) is 36.6 Å². The third-order valence-electron chi connectivity index (χ3n) is 5.13. The maximum absolute atomic E-state index is 12.6. The van der Waals surface area contributed by atoms with Gasteiger partial charge in [-0.05, 0) is 49.2 Å². The van der Waals surface area contributed by atoms with Crippen molar-refractivity contribution in [3.05, 3.63) is 54.1 Å². The number of rotatable bonds is 9. The number of methoxy groups -OCH3 is 1. The van der Waals surface area contributed by atoms with Crippen LogP contribution >= 0.6 is 23.1 Å². The van der Waals surface area contributed by atoms with Crippen LogP contribution in [0.3, 0.4) is 0 Å². The Balaban J connectivity index is 1.29. The van der Waals surface area contributed by atoms with E-state index in [1.54, 1.807) is 31.4 Å². The molecule has 0 radical (unpaired) electrons. The number of hydrogen-bond acceptors (Lipinski definition) is 9. The van der Waals surface area contributed by atoms with Crippen molar-refractivity contribution in [3.63, 3.8) is 0 Å². The monoisotopic (exact) mass is 533 g/mol. The van der Waals surface area contributed by atoms with Gasteiger partial charge < -0.3 is 10.1 Å². The molecule has 35 heavy (non-hydrogen) atoms. The molecule has 1 saturated heterocycles. The highest BCUT2D eigenvalue weighted by molar-refractivity contribution is 8.01. The van der Waals surface area contributed by atoms with Gasteiger partial charge in [0.15, 0.2) is 4.34 Å². The average Bonchev–Trinajstić information content (AvgIpc) is 3.56. The molecule has 184 valence electrons. The summed E-state index contributed by atoms with van der Waals surface area (Å²) in [7, 11) is -1.98. The van der Waals surface area contributed by atoms with Gasteiger partial charge in [-0.2, -0.15) is 4.31 Å². The SMILES string of the molecule is COc1cccc(NC(=O)CSc2nnc(NC(=O)c3ccc(S(=O)(=O)N4CCCC4)cc3)s2)c1. The number of hydrogen-bond donors (Lipinski definition) is 2. The molecule has 0 aliphatic carbocycles. The van der Waals surface area contributed by atoms with Crippen molar-refractivity contribution in [1.29, 1.82) is 0 Å². The standard InChI is InChI=1S/C22H23N5O5S3/c1-32-17-6-4-5-16(13-17)23-19(28)14-33-22-26-25-21(34-22)24-20(29)15-7-9-18(10-8-15)35(30,31)27-11-2-3-12-27/h4-10,13H,2-3,11-12,14H2,1H3,(H,23,28)(H,24,25,29). The number of ether oxygens (including phenoxy) is 1. The quantitative estimate of drug-likeness (QED) is 0.316. The number of carbonyl (C=O) groups is 2. The maximum Gasteiger partial charge on any atom is 0.257 e. The minimum Gasteiger partial charge on any atom is -0.497 e. The summed E-state index contributed by atoms with van der Waals surface area (Å²) < 4.78 is 32.4. The Morgan fingerprint density at radius 1 is 1.09 bits per heavy atom. The molecule has 13 heteroatoms. The molecule has 0 unspecified atom stereocenters. The molecule has 0 atom stereocenters. The van der Waals surface area contributed by atoms with Gasteiger partial charge in [-0.15, -0.1) is 10.2 Å². The van der Waals surface area contributed by atoms with E-state index < -0.39 is 15.9 Å². The lowest BCUT2D eigenvalue weighted by Crippen LogP contribution is -2.27. The number of thioether (sulfide) groups is 1. The second kappa shape index (κ2) is 11.2. The van der Waals surface area contributed by atoms with E-state index in [9.17, 15) is 18.0 Å². The van der Waals surface area contributed by atoms with Crippen molar-refractivity contribution in [1.82, 2.24) is 14.5 Å². The molecule has 0 bridgehead atoms. The zero-order chi connectivity index (χ0) is 24.8. The Kier molecular flexibility index (Phi) is 8.00. The van der Waals surface area contributed by atoms with Crippen LogP contribution in [0, 0.1) is 0 Å². The molecule has 1 fully saturated rings. The van der Waals surface area contributed by atoms with Crippen molar-refractivity contribution >= 4 is 55.8 Å². The van der Waals surface area contributed by atoms with Gasteiger partial charge in [0, 0.05) is 30.4 Å². The number of nitrogens with one attached hydrogen (secondary N) is 2. The summed E-state index contributed by atoms with van der Waals surface area (Å²) >= 11 is 2.34. The van der Waals surface area contributed by atoms with E-state index in [1.807, 2.05) is 0 Å². The van der Waals surface area contributed by atoms with E-state index in [0.717, 1.165) is 24.2 Å². The molecule has 3 aromatic rings. The second-order valence-electron chi connectivity index (χ2n) is 7.53. The summed E-state index contributed by atoms with van der Waals surface area (Å²) in [6.07, 6.45) is 1.71. The van der Waals surface area contributed by atoms with Crippen LogP contribution in [0.5, 0.6) is 5.75 Å². The van der Waals surface area contributed by atoms with Gasteiger partial charge >= 0.3 is 0 Å². The molecule has 2 aromatic carbocycles. The Morgan fingerprint density at radius 3 is 2.54 bits per heavy atom. The fourth-order valence-corrected chi connectivity index (χ4v) is 6.43. The van der Waals surface area contributed by atoms with E-state index in [4.69, 9.17) is 4.74 Å². The average molecular weight is 534 g/mol. The van der Waals surface area contributed by atoms with Crippen molar-refractivity contribution in [3.8, 4) is 5.75 Å². The highest BCUT2D eigenvalue weighted by Crippen LogP contribution is 2.27. The Bertz CT molecular complexity index is 1310. The van der Waals surface area contributed by atoms with Gasteiger partial charge in [-0.25, -0.2) is 8.42 Å². The van der Waals surface area contributed by atoms with Crippen LogP contribution in [0.4, 0.5) is 10.8 Å². The third-order valence-corrected chi connectivity index (χ3v) is 9.01. The van der Waals surface area contributed by atoms with Crippen LogP contribution in [0.1, 0.15) is 23.2 Å². The first-order valence-electron chi connectivity index (χ1n) is 10.7. The minimum absolute atomic E-state index is 0.118. The fraction of sp³-hybridized carbons (Fsp3) is 0.273. The molecule has 1 aliphatic rings. The molecule has 2 amide bonds. The first kappa shape index (κ1) is 25.1. The van der Waals surface area contributed by atoms with Crippen LogP contribution in [0.15, 0.2) is 57.8 Å². The van der Waals surface area contributed by atoms with Crippen LogP contribution in [-0.4, -0.2) is 60.7 Å². The van der Waals surface area contributed by atoms with Crippen LogP contribution < -0.4 is 15.4 Å². The van der Waals surface area contributed by atoms with Crippen LogP contribution in [0.25, 0.3) is 0 Å². The zero-order valence-corrected chi connectivity index (χ0v) is 21.2. The molecule has 0 saturated carbocycles. The highest BCUT2D eigenvalue weighted by atomic mass is 32.2. The Morgan fingerprint density at radius 2 is 1.83 bits per heavy atom. The zero-order valence-electron chi connectivity index (χ0n) is 18.8. The number of amides is 2. The largest absolute Gasteiger partial charge is 0.497 e. The topological polar surface area (TPSA) is 131 Å². The number of nitrogens with zero attached hydrogens (tertiary/aromatic N) is 3. The summed E-state index contributed by atoms with van der Waals surface area (Å²) in [5.41, 5.74) is 0.923. The van der Waals surface area contributed by atoms with Crippen molar-refractivity contribution in [2.24, 2.45) is 0 Å². The second-order valence-corrected chi connectivity index (χ2v) is 11.7. The van der Waals surface area contributed by atoms with E-state index in [2.05, 4.69) is 20.8 Å². The number of aromatic nitrogens is 2. The highest BCUT2D eigenvalue weighted by Gasteiger charge is 2.27. The lowest BCUT2D eigenvalue weighted by molar-refractivity contribution is -0.113. The molecule has 0 spiro atoms.